The molecule has 1 saturated heterocycles. The Balaban J connectivity index is 1.49. The van der Waals surface area contributed by atoms with Crippen LogP contribution in [0.1, 0.15) is 19.5 Å². The molecule has 3 heterocycles. The molecule has 7 nitrogen and oxygen atoms in total. The van der Waals surface area contributed by atoms with Crippen LogP contribution in [0.15, 0.2) is 47.3 Å². The van der Waals surface area contributed by atoms with Crippen molar-refractivity contribution in [3.8, 4) is 22.5 Å². The molecule has 2 aromatic carbocycles. The number of anilines is 2. The number of hydrogen-bond acceptors (Lipinski definition) is 6. The molecule has 1 fully saturated rings. The summed E-state index contributed by atoms with van der Waals surface area (Å²) < 4.78 is 29.9. The summed E-state index contributed by atoms with van der Waals surface area (Å²) in [7, 11) is 0. The normalized spacial score (nSPS) is 14.7. The summed E-state index contributed by atoms with van der Waals surface area (Å²) in [5.41, 5.74) is 7.84. The van der Waals surface area contributed by atoms with Crippen LogP contribution in [0.5, 0.6) is 0 Å². The highest BCUT2D eigenvalue weighted by atomic mass is 19.1. The number of nitrogens with zero attached hydrogens (tertiary/aromatic N) is 4. The average molecular weight is 491 g/mol. The number of piperazine rings is 1. The molecular weight excluding hydrogens is 462 g/mol. The number of halogens is 2. The molecule has 0 radical (unpaired) electrons. The van der Waals surface area contributed by atoms with Gasteiger partial charge in [0.25, 0.3) is 5.56 Å². The summed E-state index contributed by atoms with van der Waals surface area (Å²) in [5.74, 6) is -1.75. The van der Waals surface area contributed by atoms with E-state index in [0.717, 1.165) is 37.9 Å². The van der Waals surface area contributed by atoms with E-state index in [1.54, 1.807) is 25.1 Å². The van der Waals surface area contributed by atoms with Crippen LogP contribution in [-0.2, 0) is 0 Å². The number of aromatic amines is 1. The van der Waals surface area contributed by atoms with Crippen LogP contribution >= 0.6 is 0 Å². The van der Waals surface area contributed by atoms with Crippen molar-refractivity contribution < 1.29 is 8.78 Å². The summed E-state index contributed by atoms with van der Waals surface area (Å²) in [6.45, 7) is 9.95. The monoisotopic (exact) mass is 490 g/mol. The van der Waals surface area contributed by atoms with Gasteiger partial charge in [-0.1, -0.05) is 12.1 Å². The van der Waals surface area contributed by atoms with Crippen LogP contribution in [0.3, 0.4) is 0 Å². The lowest BCUT2D eigenvalue weighted by Crippen LogP contribution is -2.48. The number of aromatic nitrogens is 3. The highest BCUT2D eigenvalue weighted by Gasteiger charge is 2.21. The van der Waals surface area contributed by atoms with Crippen LogP contribution in [0.25, 0.3) is 33.3 Å². The average Bonchev–Trinajstić information content (AvgIpc) is 2.85. The Kier molecular flexibility index (Phi) is 6.17. The summed E-state index contributed by atoms with van der Waals surface area (Å²) in [5, 5.41) is 0.738. The number of nitrogen functional groups attached to an aromatic ring is 1. The molecule has 36 heavy (non-hydrogen) atoms. The van der Waals surface area contributed by atoms with Crippen molar-refractivity contribution in [1.29, 1.82) is 0 Å². The molecule has 0 unspecified atom stereocenters. The first-order chi connectivity index (χ1) is 17.2. The molecule has 0 bridgehead atoms. The van der Waals surface area contributed by atoms with Gasteiger partial charge in [0.1, 0.15) is 17.2 Å². The van der Waals surface area contributed by atoms with Crippen LogP contribution in [-0.4, -0.2) is 52.1 Å². The third-order valence-corrected chi connectivity index (χ3v) is 6.75. The van der Waals surface area contributed by atoms with Crippen LogP contribution < -0.4 is 16.2 Å². The van der Waals surface area contributed by atoms with Gasteiger partial charge in [0.05, 0.1) is 0 Å². The van der Waals surface area contributed by atoms with E-state index in [-0.39, 0.29) is 33.7 Å². The van der Waals surface area contributed by atoms with E-state index in [1.165, 1.54) is 6.07 Å². The third-order valence-electron chi connectivity index (χ3n) is 6.75. The minimum absolute atomic E-state index is 0.0167. The van der Waals surface area contributed by atoms with Crippen molar-refractivity contribution in [3.05, 3.63) is 70.3 Å². The summed E-state index contributed by atoms with van der Waals surface area (Å²) in [6, 6.07) is 12.3. The minimum Gasteiger partial charge on any atom is -0.382 e. The molecule has 1 aliphatic heterocycles. The van der Waals surface area contributed by atoms with Gasteiger partial charge in [0.2, 0.25) is 5.95 Å². The zero-order valence-electron chi connectivity index (χ0n) is 20.5. The molecule has 0 saturated carbocycles. The minimum atomic E-state index is -0.831. The van der Waals surface area contributed by atoms with Crippen LogP contribution in [0.4, 0.5) is 20.3 Å². The number of rotatable bonds is 4. The molecule has 4 aromatic rings. The summed E-state index contributed by atoms with van der Waals surface area (Å²) >= 11 is 0. The van der Waals surface area contributed by atoms with E-state index >= 15 is 4.39 Å². The van der Waals surface area contributed by atoms with Crippen LogP contribution in [0.2, 0.25) is 0 Å². The number of pyridine rings is 1. The summed E-state index contributed by atoms with van der Waals surface area (Å²) in [6.07, 6.45) is 0. The molecule has 9 heteroatoms. The van der Waals surface area contributed by atoms with Crippen molar-refractivity contribution in [3.63, 3.8) is 0 Å². The second kappa shape index (κ2) is 9.31. The van der Waals surface area contributed by atoms with E-state index in [1.807, 2.05) is 12.1 Å². The van der Waals surface area contributed by atoms with Gasteiger partial charge in [0, 0.05) is 60.1 Å². The predicted molar refractivity (Wildman–Crippen MR) is 139 cm³/mol. The highest BCUT2D eigenvalue weighted by Crippen LogP contribution is 2.32. The Morgan fingerprint density at radius 1 is 0.972 bits per heavy atom. The molecule has 2 aromatic heterocycles. The second-order valence-corrected chi connectivity index (χ2v) is 9.46. The lowest BCUT2D eigenvalue weighted by molar-refractivity contribution is 0.209. The zero-order valence-corrected chi connectivity index (χ0v) is 20.5. The lowest BCUT2D eigenvalue weighted by Gasteiger charge is -2.38. The fraction of sp³-hybridized carbons (Fsp3) is 0.296. The number of benzene rings is 2. The Morgan fingerprint density at radius 2 is 1.67 bits per heavy atom. The summed E-state index contributed by atoms with van der Waals surface area (Å²) in [4.78, 5) is 27.8. The Morgan fingerprint density at radius 3 is 2.33 bits per heavy atom. The number of fused-ring (bicyclic) bond motifs is 1. The number of H-pyrrole nitrogens is 1. The maximum Gasteiger partial charge on any atom is 0.256 e. The van der Waals surface area contributed by atoms with Gasteiger partial charge in [-0.2, -0.15) is 9.37 Å². The molecule has 0 amide bonds. The Bertz CT molecular complexity index is 1490. The second-order valence-electron chi connectivity index (χ2n) is 9.46. The molecule has 1 aliphatic rings. The van der Waals surface area contributed by atoms with Gasteiger partial charge in [-0.25, -0.2) is 9.37 Å². The number of aryl methyl sites for hydroxylation is 1. The zero-order chi connectivity index (χ0) is 25.6. The number of hydrogen-bond donors (Lipinski definition) is 2. The van der Waals surface area contributed by atoms with Crippen LogP contribution in [0, 0.1) is 18.7 Å². The lowest BCUT2D eigenvalue weighted by atomic mass is 10.0. The molecule has 0 atom stereocenters. The van der Waals surface area contributed by atoms with E-state index in [2.05, 4.69) is 38.6 Å². The van der Waals surface area contributed by atoms with Gasteiger partial charge < -0.3 is 15.6 Å². The Labute approximate surface area is 207 Å². The first-order valence-electron chi connectivity index (χ1n) is 12.0. The highest BCUT2D eigenvalue weighted by molar-refractivity contribution is 5.88. The smallest absolute Gasteiger partial charge is 0.256 e. The SMILES string of the molecule is Cc1cc2cc(-c3nc(-c4ccc(N5CCN(C(C)C)CC5)cc4)c(F)nc3N)c(F)cc2c(=O)[nH]1. The van der Waals surface area contributed by atoms with Gasteiger partial charge in [-0.05, 0) is 56.5 Å². The molecule has 5 rings (SSSR count). The van der Waals surface area contributed by atoms with Crippen molar-refractivity contribution in [2.45, 2.75) is 26.8 Å². The van der Waals surface area contributed by atoms with E-state index in [0.29, 0.717) is 22.7 Å². The van der Waals surface area contributed by atoms with Gasteiger partial charge in [-0.3, -0.25) is 9.69 Å². The third kappa shape index (κ3) is 4.42. The van der Waals surface area contributed by atoms with E-state index in [4.69, 9.17) is 5.73 Å². The fourth-order valence-electron chi connectivity index (χ4n) is 4.74. The topological polar surface area (TPSA) is 91.1 Å². The van der Waals surface area contributed by atoms with Gasteiger partial charge in [-0.15, -0.1) is 0 Å². The number of nitrogens with two attached hydrogens (primary N) is 1. The molecular formula is C27H28F2N6O. The Hall–Kier alpha value is -3.85. The molecule has 0 aliphatic carbocycles. The van der Waals surface area contributed by atoms with Crippen molar-refractivity contribution >= 4 is 22.3 Å². The van der Waals surface area contributed by atoms with E-state index < -0.39 is 11.8 Å². The maximum atomic E-state index is 15.1. The van der Waals surface area contributed by atoms with Gasteiger partial charge in [0.15, 0.2) is 5.82 Å². The largest absolute Gasteiger partial charge is 0.382 e. The maximum absolute atomic E-state index is 15.1. The van der Waals surface area contributed by atoms with Crippen molar-refractivity contribution in [2.75, 3.05) is 36.8 Å². The fourth-order valence-corrected chi connectivity index (χ4v) is 4.74. The van der Waals surface area contributed by atoms with Gasteiger partial charge >= 0.3 is 0 Å². The molecule has 3 N–H and O–H groups in total. The molecule has 0 spiro atoms. The van der Waals surface area contributed by atoms with Crippen molar-refractivity contribution in [2.24, 2.45) is 0 Å². The standard InChI is InChI=1S/C27H28F2N6O/c1-15(2)34-8-10-35(11-9-34)19-6-4-17(5-7-19)23-25(29)33-26(30)24(32-23)21-13-18-12-16(3)31-27(36)20(18)14-22(21)28/h4-7,12-15H,8-11H2,1-3H3,(H2,30,33)(H,31,36). The quantitative estimate of drug-likeness (QED) is 0.442. The first kappa shape index (κ1) is 23.9. The number of nitrogens with one attached hydrogen (secondary N) is 1. The predicted octanol–water partition coefficient (Wildman–Crippen LogP) is 4.35. The van der Waals surface area contributed by atoms with Crippen molar-refractivity contribution in [1.82, 2.24) is 19.9 Å². The molecule has 186 valence electrons. The first-order valence-corrected chi connectivity index (χ1v) is 12.0. The van der Waals surface area contributed by atoms with E-state index in [9.17, 15) is 9.18 Å².